The summed E-state index contributed by atoms with van der Waals surface area (Å²) >= 11 is 0. The molecule has 4 heteroatoms. The van der Waals surface area contributed by atoms with Crippen LogP contribution < -0.4 is 14.8 Å². The summed E-state index contributed by atoms with van der Waals surface area (Å²) in [6.07, 6.45) is 1.77. The van der Waals surface area contributed by atoms with Gasteiger partial charge in [0.2, 0.25) is 5.91 Å². The Labute approximate surface area is 172 Å². The fraction of sp³-hybridized carbons (Fsp3) is 0.240. The van der Waals surface area contributed by atoms with Crippen molar-refractivity contribution in [1.82, 2.24) is 5.32 Å². The lowest BCUT2D eigenvalue weighted by atomic mass is 9.98. The van der Waals surface area contributed by atoms with Crippen LogP contribution in [0.15, 0.2) is 78.9 Å². The second-order valence-corrected chi connectivity index (χ2v) is 6.94. The van der Waals surface area contributed by atoms with Crippen LogP contribution >= 0.6 is 0 Å². The number of carbonyl (C=O) groups excluding carboxylic acids is 1. The van der Waals surface area contributed by atoms with Crippen LogP contribution in [0.2, 0.25) is 0 Å². The first-order valence-corrected chi connectivity index (χ1v) is 9.78. The van der Waals surface area contributed by atoms with E-state index < -0.39 is 0 Å². The molecule has 0 unspecified atom stereocenters. The number of hydrogen-bond acceptors (Lipinski definition) is 3. The highest BCUT2D eigenvalue weighted by Gasteiger charge is 2.15. The first-order chi connectivity index (χ1) is 14.2. The standard InChI is InChI=1S/C25H27NO3/c1-28-22-15-20(16-23(18-22)29-2)13-14-25(27)26-24(21-11-7-4-8-12-21)17-19-9-5-3-6-10-19/h3-12,15-16,18,24H,13-14,17H2,1-2H3,(H,26,27)/t24-/m1/s1. The van der Waals surface area contributed by atoms with Gasteiger partial charge in [-0.15, -0.1) is 0 Å². The molecule has 0 saturated heterocycles. The van der Waals surface area contributed by atoms with Gasteiger partial charge in [-0.05, 0) is 41.7 Å². The third kappa shape index (κ3) is 6.11. The quantitative estimate of drug-likeness (QED) is 0.575. The van der Waals surface area contributed by atoms with E-state index in [4.69, 9.17) is 9.47 Å². The Hall–Kier alpha value is -3.27. The van der Waals surface area contributed by atoms with Crippen LogP contribution in [0.5, 0.6) is 11.5 Å². The highest BCUT2D eigenvalue weighted by atomic mass is 16.5. The summed E-state index contributed by atoms with van der Waals surface area (Å²) in [5.41, 5.74) is 3.31. The first kappa shape index (κ1) is 20.5. The van der Waals surface area contributed by atoms with Crippen molar-refractivity contribution in [2.75, 3.05) is 14.2 Å². The van der Waals surface area contributed by atoms with Gasteiger partial charge in [0.15, 0.2) is 0 Å². The molecule has 1 amide bonds. The molecule has 3 aromatic rings. The summed E-state index contributed by atoms with van der Waals surface area (Å²) in [6, 6.07) is 26.0. The molecule has 0 heterocycles. The van der Waals surface area contributed by atoms with Gasteiger partial charge in [-0.3, -0.25) is 4.79 Å². The topological polar surface area (TPSA) is 47.6 Å². The van der Waals surface area contributed by atoms with Gasteiger partial charge < -0.3 is 14.8 Å². The molecule has 1 N–H and O–H groups in total. The molecule has 0 saturated carbocycles. The van der Waals surface area contributed by atoms with Gasteiger partial charge >= 0.3 is 0 Å². The van der Waals surface area contributed by atoms with Gasteiger partial charge in [0.25, 0.3) is 0 Å². The Morgan fingerprint density at radius 3 is 2.00 bits per heavy atom. The molecule has 4 nitrogen and oxygen atoms in total. The van der Waals surface area contributed by atoms with Crippen molar-refractivity contribution < 1.29 is 14.3 Å². The number of carbonyl (C=O) groups is 1. The van der Waals surface area contributed by atoms with E-state index in [1.165, 1.54) is 5.56 Å². The van der Waals surface area contributed by atoms with Crippen molar-refractivity contribution in [1.29, 1.82) is 0 Å². The fourth-order valence-corrected chi connectivity index (χ4v) is 3.32. The lowest BCUT2D eigenvalue weighted by molar-refractivity contribution is -0.121. The average Bonchev–Trinajstić information content (AvgIpc) is 2.78. The molecule has 0 aliphatic rings. The predicted octanol–water partition coefficient (Wildman–Crippen LogP) is 4.74. The van der Waals surface area contributed by atoms with Crippen molar-refractivity contribution in [2.24, 2.45) is 0 Å². The maximum absolute atomic E-state index is 12.7. The number of hydrogen-bond donors (Lipinski definition) is 1. The van der Waals surface area contributed by atoms with Gasteiger partial charge in [-0.1, -0.05) is 60.7 Å². The highest BCUT2D eigenvalue weighted by molar-refractivity contribution is 5.76. The van der Waals surface area contributed by atoms with Crippen LogP contribution in [0.4, 0.5) is 0 Å². The van der Waals surface area contributed by atoms with Gasteiger partial charge in [-0.2, -0.15) is 0 Å². The molecule has 0 aliphatic heterocycles. The van der Waals surface area contributed by atoms with Crippen LogP contribution in [-0.4, -0.2) is 20.1 Å². The molecule has 150 valence electrons. The monoisotopic (exact) mass is 389 g/mol. The highest BCUT2D eigenvalue weighted by Crippen LogP contribution is 2.24. The maximum atomic E-state index is 12.7. The molecule has 3 aromatic carbocycles. The van der Waals surface area contributed by atoms with Gasteiger partial charge in [-0.25, -0.2) is 0 Å². The number of methoxy groups -OCH3 is 2. The van der Waals surface area contributed by atoms with Crippen LogP contribution in [0.3, 0.4) is 0 Å². The zero-order valence-corrected chi connectivity index (χ0v) is 16.9. The Bertz CT molecular complexity index is 888. The molecule has 0 aliphatic carbocycles. The van der Waals surface area contributed by atoms with Crippen LogP contribution in [0.25, 0.3) is 0 Å². The zero-order valence-electron chi connectivity index (χ0n) is 16.9. The molecule has 29 heavy (non-hydrogen) atoms. The molecule has 0 fully saturated rings. The summed E-state index contributed by atoms with van der Waals surface area (Å²) in [6.45, 7) is 0. The van der Waals surface area contributed by atoms with Crippen molar-refractivity contribution in [3.63, 3.8) is 0 Å². The SMILES string of the molecule is COc1cc(CCC(=O)N[C@H](Cc2ccccc2)c2ccccc2)cc(OC)c1. The third-order valence-corrected chi connectivity index (χ3v) is 4.87. The number of nitrogens with one attached hydrogen (secondary N) is 1. The third-order valence-electron chi connectivity index (χ3n) is 4.87. The van der Waals surface area contributed by atoms with E-state index >= 15 is 0 Å². The zero-order chi connectivity index (χ0) is 20.5. The molecule has 1 atom stereocenters. The van der Waals surface area contributed by atoms with Crippen molar-refractivity contribution in [2.45, 2.75) is 25.3 Å². The fourth-order valence-electron chi connectivity index (χ4n) is 3.32. The predicted molar refractivity (Wildman–Crippen MR) is 115 cm³/mol. The summed E-state index contributed by atoms with van der Waals surface area (Å²) in [5.74, 6) is 1.48. The number of aryl methyl sites for hydroxylation is 1. The summed E-state index contributed by atoms with van der Waals surface area (Å²) in [4.78, 5) is 12.7. The van der Waals surface area contributed by atoms with Gasteiger partial charge in [0, 0.05) is 12.5 Å². The first-order valence-electron chi connectivity index (χ1n) is 9.78. The molecule has 0 radical (unpaired) electrons. The van der Waals surface area contributed by atoms with E-state index in [1.807, 2.05) is 54.6 Å². The second kappa shape index (κ2) is 10.3. The van der Waals surface area contributed by atoms with Crippen LogP contribution in [0.1, 0.15) is 29.2 Å². The number of amides is 1. The smallest absolute Gasteiger partial charge is 0.220 e. The molecular weight excluding hydrogens is 362 g/mol. The Morgan fingerprint density at radius 1 is 0.828 bits per heavy atom. The van der Waals surface area contributed by atoms with E-state index in [2.05, 4.69) is 29.6 Å². The second-order valence-electron chi connectivity index (χ2n) is 6.94. The molecule has 0 spiro atoms. The van der Waals surface area contributed by atoms with E-state index in [1.54, 1.807) is 14.2 Å². The lowest BCUT2D eigenvalue weighted by Crippen LogP contribution is -2.30. The van der Waals surface area contributed by atoms with Crippen molar-refractivity contribution >= 4 is 5.91 Å². The number of rotatable bonds is 9. The number of ether oxygens (including phenoxy) is 2. The Morgan fingerprint density at radius 2 is 1.41 bits per heavy atom. The summed E-state index contributed by atoms with van der Waals surface area (Å²) in [7, 11) is 3.25. The Kier molecular flexibility index (Phi) is 7.28. The normalized spacial score (nSPS) is 11.5. The van der Waals surface area contributed by atoms with E-state index in [0.29, 0.717) is 12.8 Å². The van der Waals surface area contributed by atoms with Gasteiger partial charge in [0.05, 0.1) is 20.3 Å². The van der Waals surface area contributed by atoms with E-state index in [0.717, 1.165) is 29.0 Å². The minimum absolute atomic E-state index is 0.0246. The minimum atomic E-state index is -0.0639. The van der Waals surface area contributed by atoms with Crippen molar-refractivity contribution in [3.8, 4) is 11.5 Å². The molecule has 0 aromatic heterocycles. The maximum Gasteiger partial charge on any atom is 0.220 e. The Balaban J connectivity index is 1.67. The van der Waals surface area contributed by atoms with Gasteiger partial charge in [0.1, 0.15) is 11.5 Å². The minimum Gasteiger partial charge on any atom is -0.497 e. The lowest BCUT2D eigenvalue weighted by Gasteiger charge is -2.20. The number of benzene rings is 3. The molecule has 0 bridgehead atoms. The molecule has 3 rings (SSSR count). The van der Waals surface area contributed by atoms with Crippen LogP contribution in [-0.2, 0) is 17.6 Å². The van der Waals surface area contributed by atoms with E-state index in [9.17, 15) is 4.79 Å². The van der Waals surface area contributed by atoms with Crippen molar-refractivity contribution in [3.05, 3.63) is 95.6 Å². The largest absolute Gasteiger partial charge is 0.497 e. The molecular formula is C25H27NO3. The average molecular weight is 389 g/mol. The summed E-state index contributed by atoms with van der Waals surface area (Å²) in [5, 5.41) is 3.21. The van der Waals surface area contributed by atoms with E-state index in [-0.39, 0.29) is 11.9 Å². The summed E-state index contributed by atoms with van der Waals surface area (Å²) < 4.78 is 10.6. The van der Waals surface area contributed by atoms with Crippen LogP contribution in [0, 0.1) is 0 Å².